The molecule has 1 atom stereocenters. The second-order valence-corrected chi connectivity index (χ2v) is 6.68. The van der Waals surface area contributed by atoms with Crippen molar-refractivity contribution in [2.75, 3.05) is 19.6 Å². The summed E-state index contributed by atoms with van der Waals surface area (Å²) < 4.78 is 0. The minimum atomic E-state index is 0.0983. The number of halogens is 1. The van der Waals surface area contributed by atoms with Gasteiger partial charge in [-0.25, -0.2) is 0 Å². The van der Waals surface area contributed by atoms with Crippen LogP contribution in [0.15, 0.2) is 24.3 Å². The molecule has 1 unspecified atom stereocenters. The van der Waals surface area contributed by atoms with Crippen molar-refractivity contribution in [1.29, 1.82) is 0 Å². The number of benzene rings is 1. The van der Waals surface area contributed by atoms with Crippen molar-refractivity contribution in [3.63, 3.8) is 0 Å². The highest BCUT2D eigenvalue weighted by Gasteiger charge is 2.36. The van der Waals surface area contributed by atoms with Gasteiger partial charge in [0, 0.05) is 10.6 Å². The summed E-state index contributed by atoms with van der Waals surface area (Å²) in [6, 6.07) is 8.59. The van der Waals surface area contributed by atoms with E-state index in [-0.39, 0.29) is 5.54 Å². The standard InChI is InChI=1S/C17H27ClN2/c1-4-19-16(14-9-8-10-15(18)13-14)17(2,3)20-11-6-5-7-12-20/h8-10,13,16,19H,4-7,11-12H2,1-3H3. The smallest absolute Gasteiger partial charge is 0.0502 e. The van der Waals surface area contributed by atoms with Gasteiger partial charge in [0.15, 0.2) is 0 Å². The van der Waals surface area contributed by atoms with Crippen LogP contribution in [0.5, 0.6) is 0 Å². The molecule has 1 aliphatic rings. The third kappa shape index (κ3) is 3.55. The minimum absolute atomic E-state index is 0.0983. The molecule has 1 fully saturated rings. The number of hydrogen-bond acceptors (Lipinski definition) is 2. The predicted octanol–water partition coefficient (Wildman–Crippen LogP) is 4.26. The van der Waals surface area contributed by atoms with Gasteiger partial charge in [0.25, 0.3) is 0 Å². The summed E-state index contributed by atoms with van der Waals surface area (Å²) in [7, 11) is 0. The van der Waals surface area contributed by atoms with Crippen LogP contribution in [0.4, 0.5) is 0 Å². The molecule has 1 aliphatic heterocycles. The first-order chi connectivity index (χ1) is 9.55. The van der Waals surface area contributed by atoms with Crippen molar-refractivity contribution < 1.29 is 0 Å². The Morgan fingerprint density at radius 1 is 1.25 bits per heavy atom. The average Bonchev–Trinajstić information content (AvgIpc) is 2.45. The summed E-state index contributed by atoms with van der Waals surface area (Å²) in [5.41, 5.74) is 1.39. The topological polar surface area (TPSA) is 15.3 Å². The monoisotopic (exact) mass is 294 g/mol. The Bertz CT molecular complexity index is 425. The molecule has 1 heterocycles. The van der Waals surface area contributed by atoms with Crippen LogP contribution in [0.3, 0.4) is 0 Å². The number of nitrogens with one attached hydrogen (secondary N) is 1. The Balaban J connectivity index is 2.26. The summed E-state index contributed by atoms with van der Waals surface area (Å²) in [5.74, 6) is 0. The fourth-order valence-corrected chi connectivity index (χ4v) is 3.52. The molecule has 0 aliphatic carbocycles. The van der Waals surface area contributed by atoms with Crippen LogP contribution in [0.2, 0.25) is 5.02 Å². The van der Waals surface area contributed by atoms with Gasteiger partial charge in [0.2, 0.25) is 0 Å². The van der Waals surface area contributed by atoms with E-state index in [0.29, 0.717) is 6.04 Å². The van der Waals surface area contributed by atoms with E-state index in [9.17, 15) is 0 Å². The summed E-state index contributed by atoms with van der Waals surface area (Å²) in [4.78, 5) is 2.63. The van der Waals surface area contributed by atoms with Gasteiger partial charge in [-0.3, -0.25) is 4.90 Å². The molecule has 1 N–H and O–H groups in total. The van der Waals surface area contributed by atoms with Crippen LogP contribution in [0.1, 0.15) is 51.6 Å². The molecule has 1 aromatic rings. The molecular weight excluding hydrogens is 268 g/mol. The lowest BCUT2D eigenvalue weighted by Crippen LogP contribution is -2.54. The Hall–Kier alpha value is -0.570. The van der Waals surface area contributed by atoms with Crippen LogP contribution in [-0.4, -0.2) is 30.1 Å². The number of rotatable bonds is 5. The molecule has 0 spiro atoms. The third-order valence-electron chi connectivity index (χ3n) is 4.47. The Morgan fingerprint density at radius 2 is 1.95 bits per heavy atom. The largest absolute Gasteiger partial charge is 0.309 e. The van der Waals surface area contributed by atoms with E-state index in [1.807, 2.05) is 12.1 Å². The zero-order chi connectivity index (χ0) is 14.6. The first-order valence-corrected chi connectivity index (χ1v) is 8.17. The lowest BCUT2D eigenvalue weighted by molar-refractivity contribution is 0.0613. The Kier molecular flexibility index (Phi) is 5.48. The fourth-order valence-electron chi connectivity index (χ4n) is 3.32. The van der Waals surface area contributed by atoms with Gasteiger partial charge in [-0.05, 0) is 64.0 Å². The van der Waals surface area contributed by atoms with Crippen LogP contribution in [0.25, 0.3) is 0 Å². The van der Waals surface area contributed by atoms with E-state index < -0.39 is 0 Å². The van der Waals surface area contributed by atoms with Crippen LogP contribution in [-0.2, 0) is 0 Å². The summed E-state index contributed by atoms with van der Waals surface area (Å²) in [6.07, 6.45) is 4.01. The maximum absolute atomic E-state index is 6.18. The number of likely N-dealkylation sites (tertiary alicyclic amines) is 1. The van der Waals surface area contributed by atoms with Gasteiger partial charge in [0.05, 0.1) is 6.04 Å². The molecule has 0 saturated carbocycles. The maximum Gasteiger partial charge on any atom is 0.0502 e. The lowest BCUT2D eigenvalue weighted by Gasteiger charge is -2.46. The predicted molar refractivity (Wildman–Crippen MR) is 87.4 cm³/mol. The normalized spacial score (nSPS) is 19.0. The van der Waals surface area contributed by atoms with Crippen molar-refractivity contribution in [2.45, 2.75) is 51.6 Å². The second-order valence-electron chi connectivity index (χ2n) is 6.25. The fraction of sp³-hybridized carbons (Fsp3) is 0.647. The number of hydrogen-bond donors (Lipinski definition) is 1. The van der Waals surface area contributed by atoms with Gasteiger partial charge in [-0.1, -0.05) is 37.1 Å². The molecule has 2 rings (SSSR count). The highest BCUT2D eigenvalue weighted by molar-refractivity contribution is 6.30. The van der Waals surface area contributed by atoms with E-state index >= 15 is 0 Å². The molecule has 2 nitrogen and oxygen atoms in total. The molecule has 0 bridgehead atoms. The molecule has 3 heteroatoms. The second kappa shape index (κ2) is 6.93. The summed E-state index contributed by atoms with van der Waals surface area (Å²) in [6.45, 7) is 10.3. The van der Waals surface area contributed by atoms with Gasteiger partial charge in [-0.2, -0.15) is 0 Å². The lowest BCUT2D eigenvalue weighted by atomic mass is 9.85. The summed E-state index contributed by atoms with van der Waals surface area (Å²) in [5, 5.41) is 4.48. The van der Waals surface area contributed by atoms with Gasteiger partial charge < -0.3 is 5.32 Å². The number of piperidine rings is 1. The van der Waals surface area contributed by atoms with Crippen molar-refractivity contribution in [3.8, 4) is 0 Å². The SMILES string of the molecule is CCNC(c1cccc(Cl)c1)C(C)(C)N1CCCCC1. The highest BCUT2D eigenvalue weighted by Crippen LogP contribution is 2.34. The highest BCUT2D eigenvalue weighted by atomic mass is 35.5. The third-order valence-corrected chi connectivity index (χ3v) is 4.70. The molecule has 20 heavy (non-hydrogen) atoms. The van der Waals surface area contributed by atoms with Crippen molar-refractivity contribution in [1.82, 2.24) is 10.2 Å². The van der Waals surface area contributed by atoms with E-state index in [1.165, 1.54) is 37.9 Å². The quantitative estimate of drug-likeness (QED) is 0.873. The van der Waals surface area contributed by atoms with Crippen LogP contribution >= 0.6 is 11.6 Å². The van der Waals surface area contributed by atoms with E-state index in [4.69, 9.17) is 11.6 Å². The van der Waals surface area contributed by atoms with E-state index in [0.717, 1.165) is 11.6 Å². The van der Waals surface area contributed by atoms with E-state index in [2.05, 4.69) is 43.1 Å². The van der Waals surface area contributed by atoms with Crippen molar-refractivity contribution in [3.05, 3.63) is 34.9 Å². The first-order valence-electron chi connectivity index (χ1n) is 7.79. The van der Waals surface area contributed by atoms with Crippen molar-refractivity contribution in [2.24, 2.45) is 0 Å². The van der Waals surface area contributed by atoms with Gasteiger partial charge >= 0.3 is 0 Å². The number of likely N-dealkylation sites (N-methyl/N-ethyl adjacent to an activating group) is 1. The Labute approximate surface area is 128 Å². The summed E-state index contributed by atoms with van der Waals surface area (Å²) >= 11 is 6.18. The van der Waals surface area contributed by atoms with Crippen LogP contribution in [0, 0.1) is 0 Å². The Morgan fingerprint density at radius 3 is 2.55 bits per heavy atom. The molecular formula is C17H27ClN2. The molecule has 112 valence electrons. The molecule has 1 saturated heterocycles. The molecule has 0 radical (unpaired) electrons. The minimum Gasteiger partial charge on any atom is -0.309 e. The average molecular weight is 295 g/mol. The molecule has 0 aromatic heterocycles. The van der Waals surface area contributed by atoms with Gasteiger partial charge in [0.1, 0.15) is 0 Å². The maximum atomic E-state index is 6.18. The molecule has 1 aromatic carbocycles. The van der Waals surface area contributed by atoms with Crippen LogP contribution < -0.4 is 5.32 Å². The van der Waals surface area contributed by atoms with Crippen molar-refractivity contribution >= 4 is 11.6 Å². The van der Waals surface area contributed by atoms with E-state index in [1.54, 1.807) is 0 Å². The molecule has 0 amide bonds. The number of nitrogens with zero attached hydrogens (tertiary/aromatic N) is 1. The first kappa shape index (κ1) is 15.8. The zero-order valence-electron chi connectivity index (χ0n) is 13.0. The zero-order valence-corrected chi connectivity index (χ0v) is 13.7. The van der Waals surface area contributed by atoms with Gasteiger partial charge in [-0.15, -0.1) is 0 Å².